The fraction of sp³-hybridized carbons (Fsp3) is 0.600. The molecule has 136 valence electrons. The lowest BCUT2D eigenvalue weighted by molar-refractivity contribution is -0.146. The Kier molecular flexibility index (Phi) is 5.95. The second kappa shape index (κ2) is 8.37. The second-order valence-electron chi connectivity index (χ2n) is 6.97. The predicted octanol–water partition coefficient (Wildman–Crippen LogP) is 2.88. The Morgan fingerprint density at radius 3 is 2.56 bits per heavy atom. The van der Waals surface area contributed by atoms with E-state index < -0.39 is 0 Å². The summed E-state index contributed by atoms with van der Waals surface area (Å²) in [5.41, 5.74) is 1.04. The van der Waals surface area contributed by atoms with E-state index >= 15 is 0 Å². The van der Waals surface area contributed by atoms with Gasteiger partial charge in [0.15, 0.2) is 0 Å². The first-order valence-corrected chi connectivity index (χ1v) is 9.49. The van der Waals surface area contributed by atoms with Crippen molar-refractivity contribution in [3.8, 4) is 5.75 Å². The van der Waals surface area contributed by atoms with Crippen molar-refractivity contribution in [2.75, 3.05) is 13.2 Å². The Labute approximate surface area is 149 Å². The Balaban J connectivity index is 1.77. The molecule has 1 aliphatic carbocycles. The zero-order valence-corrected chi connectivity index (χ0v) is 15.0. The maximum atomic E-state index is 13.0. The summed E-state index contributed by atoms with van der Waals surface area (Å²) in [4.78, 5) is 27.3. The van der Waals surface area contributed by atoms with Crippen molar-refractivity contribution in [2.45, 2.75) is 58.0 Å². The normalized spacial score (nSPS) is 21.0. The van der Waals surface area contributed by atoms with Crippen LogP contribution in [0, 0.1) is 5.92 Å². The van der Waals surface area contributed by atoms with Crippen molar-refractivity contribution in [1.29, 1.82) is 0 Å². The summed E-state index contributed by atoms with van der Waals surface area (Å²) in [7, 11) is 0. The van der Waals surface area contributed by atoms with Crippen LogP contribution in [0.1, 0.15) is 51.0 Å². The fourth-order valence-corrected chi connectivity index (χ4v) is 3.51. The van der Waals surface area contributed by atoms with E-state index in [9.17, 15) is 9.59 Å². The van der Waals surface area contributed by atoms with Crippen LogP contribution in [-0.4, -0.2) is 35.9 Å². The number of hydrogen-bond donors (Lipinski definition) is 1. The smallest absolute Gasteiger partial charge is 0.242 e. The first-order valence-electron chi connectivity index (χ1n) is 9.49. The highest BCUT2D eigenvalue weighted by atomic mass is 16.5. The topological polar surface area (TPSA) is 58.6 Å². The van der Waals surface area contributed by atoms with E-state index in [4.69, 9.17) is 4.74 Å². The number of nitrogens with one attached hydrogen (secondary N) is 1. The van der Waals surface area contributed by atoms with Crippen molar-refractivity contribution in [3.05, 3.63) is 29.8 Å². The lowest BCUT2D eigenvalue weighted by Gasteiger charge is -2.36. The van der Waals surface area contributed by atoms with Gasteiger partial charge in [0.05, 0.1) is 6.61 Å². The molecule has 2 aliphatic rings. The SMILES string of the molecule is CCOc1ccc(CN(C(=O)C2CCC2)C2CCCCNC2=O)cc1. The van der Waals surface area contributed by atoms with Gasteiger partial charge in [-0.3, -0.25) is 9.59 Å². The Bertz CT molecular complexity index is 595. The molecule has 0 spiro atoms. The molecule has 1 aromatic carbocycles. The molecule has 3 rings (SSSR count). The largest absolute Gasteiger partial charge is 0.494 e. The van der Waals surface area contributed by atoms with Crippen molar-refractivity contribution in [2.24, 2.45) is 5.92 Å². The van der Waals surface area contributed by atoms with Gasteiger partial charge in [0, 0.05) is 19.0 Å². The molecule has 1 aromatic rings. The number of carbonyl (C=O) groups is 2. The third-order valence-electron chi connectivity index (χ3n) is 5.21. The number of carbonyl (C=O) groups excluding carboxylic acids is 2. The molecule has 0 aromatic heterocycles. The van der Waals surface area contributed by atoms with Crippen molar-refractivity contribution in [3.63, 3.8) is 0 Å². The van der Waals surface area contributed by atoms with Gasteiger partial charge >= 0.3 is 0 Å². The summed E-state index contributed by atoms with van der Waals surface area (Å²) >= 11 is 0. The lowest BCUT2D eigenvalue weighted by atomic mass is 9.83. The molecular formula is C20H28N2O3. The molecule has 1 N–H and O–H groups in total. The van der Waals surface area contributed by atoms with E-state index in [2.05, 4.69) is 5.32 Å². The monoisotopic (exact) mass is 344 g/mol. The van der Waals surface area contributed by atoms with Crippen LogP contribution in [0.4, 0.5) is 0 Å². The van der Waals surface area contributed by atoms with Gasteiger partial charge in [-0.25, -0.2) is 0 Å². The van der Waals surface area contributed by atoms with Crippen LogP contribution >= 0.6 is 0 Å². The molecular weight excluding hydrogens is 316 g/mol. The van der Waals surface area contributed by atoms with Crippen LogP contribution in [0.5, 0.6) is 5.75 Å². The summed E-state index contributed by atoms with van der Waals surface area (Å²) < 4.78 is 5.48. The summed E-state index contributed by atoms with van der Waals surface area (Å²) in [5.74, 6) is 1.06. The molecule has 1 atom stereocenters. The van der Waals surface area contributed by atoms with Gasteiger partial charge in [-0.2, -0.15) is 0 Å². The van der Waals surface area contributed by atoms with Gasteiger partial charge in [-0.1, -0.05) is 18.6 Å². The van der Waals surface area contributed by atoms with Crippen LogP contribution in [0.3, 0.4) is 0 Å². The van der Waals surface area contributed by atoms with Crippen LogP contribution < -0.4 is 10.1 Å². The predicted molar refractivity (Wildman–Crippen MR) is 96.2 cm³/mol. The van der Waals surface area contributed by atoms with E-state index in [0.717, 1.165) is 49.8 Å². The minimum atomic E-state index is -0.345. The van der Waals surface area contributed by atoms with Crippen LogP contribution in [-0.2, 0) is 16.1 Å². The Morgan fingerprint density at radius 2 is 1.92 bits per heavy atom. The molecule has 1 saturated heterocycles. The number of hydrogen-bond acceptors (Lipinski definition) is 3. The quantitative estimate of drug-likeness (QED) is 0.863. The van der Waals surface area contributed by atoms with Crippen molar-refractivity contribution in [1.82, 2.24) is 10.2 Å². The van der Waals surface area contributed by atoms with E-state index in [1.165, 1.54) is 0 Å². The average Bonchev–Trinajstić information content (AvgIpc) is 2.77. The molecule has 2 amide bonds. The molecule has 1 heterocycles. The van der Waals surface area contributed by atoms with Crippen LogP contribution in [0.25, 0.3) is 0 Å². The van der Waals surface area contributed by atoms with Gasteiger partial charge in [0.2, 0.25) is 11.8 Å². The standard InChI is InChI=1S/C20H28N2O3/c1-2-25-17-11-9-15(10-12-17)14-22(20(24)16-6-5-7-16)18-8-3-4-13-21-19(18)23/h9-12,16,18H,2-8,13-14H2,1H3,(H,21,23). The molecule has 1 saturated carbocycles. The van der Waals surface area contributed by atoms with Crippen molar-refractivity contribution < 1.29 is 14.3 Å². The maximum Gasteiger partial charge on any atom is 0.242 e. The van der Waals surface area contributed by atoms with Gasteiger partial charge < -0.3 is 15.0 Å². The highest BCUT2D eigenvalue weighted by molar-refractivity contribution is 5.89. The third kappa shape index (κ3) is 4.33. The molecule has 1 unspecified atom stereocenters. The highest BCUT2D eigenvalue weighted by Gasteiger charge is 2.36. The van der Waals surface area contributed by atoms with E-state index in [0.29, 0.717) is 19.7 Å². The number of ether oxygens (including phenoxy) is 1. The van der Waals surface area contributed by atoms with Crippen LogP contribution in [0.2, 0.25) is 0 Å². The lowest BCUT2D eigenvalue weighted by Crippen LogP contribution is -2.51. The molecule has 5 nitrogen and oxygen atoms in total. The summed E-state index contributed by atoms with van der Waals surface area (Å²) in [5, 5.41) is 2.96. The van der Waals surface area contributed by atoms with Crippen LogP contribution in [0.15, 0.2) is 24.3 Å². The van der Waals surface area contributed by atoms with E-state index in [1.54, 1.807) is 0 Å². The van der Waals surface area contributed by atoms with Gasteiger partial charge in [-0.05, 0) is 56.7 Å². The number of nitrogens with zero attached hydrogens (tertiary/aromatic N) is 1. The minimum Gasteiger partial charge on any atom is -0.494 e. The zero-order valence-electron chi connectivity index (χ0n) is 15.0. The zero-order chi connectivity index (χ0) is 17.6. The summed E-state index contributed by atoms with van der Waals surface area (Å²) in [6.45, 7) is 3.79. The van der Waals surface area contributed by atoms with E-state index in [1.807, 2.05) is 36.1 Å². The van der Waals surface area contributed by atoms with Crippen molar-refractivity contribution >= 4 is 11.8 Å². The number of benzene rings is 1. The molecule has 5 heteroatoms. The summed E-state index contributed by atoms with van der Waals surface area (Å²) in [6.07, 6.45) is 5.73. The maximum absolute atomic E-state index is 13.0. The molecule has 0 bridgehead atoms. The third-order valence-corrected chi connectivity index (χ3v) is 5.21. The van der Waals surface area contributed by atoms with Gasteiger partial charge in [0.1, 0.15) is 11.8 Å². The molecule has 25 heavy (non-hydrogen) atoms. The Hall–Kier alpha value is -2.04. The first-order chi connectivity index (χ1) is 12.2. The summed E-state index contributed by atoms with van der Waals surface area (Å²) in [6, 6.07) is 7.49. The first kappa shape index (κ1) is 17.8. The molecule has 2 fully saturated rings. The minimum absolute atomic E-state index is 0.00360. The number of rotatable bonds is 6. The number of amides is 2. The van der Waals surface area contributed by atoms with Gasteiger partial charge in [0.25, 0.3) is 0 Å². The fourth-order valence-electron chi connectivity index (χ4n) is 3.51. The second-order valence-corrected chi connectivity index (χ2v) is 6.97. The average molecular weight is 344 g/mol. The van der Waals surface area contributed by atoms with Gasteiger partial charge in [-0.15, -0.1) is 0 Å². The van der Waals surface area contributed by atoms with E-state index in [-0.39, 0.29) is 23.8 Å². The Morgan fingerprint density at radius 1 is 1.16 bits per heavy atom. The highest BCUT2D eigenvalue weighted by Crippen LogP contribution is 2.30. The molecule has 0 radical (unpaired) electrons. The molecule has 1 aliphatic heterocycles.